The summed E-state index contributed by atoms with van der Waals surface area (Å²) in [6.45, 7) is -0.0554. The molecular weight excluding hydrogens is 120 g/mol. The van der Waals surface area contributed by atoms with Crippen LogP contribution in [0.15, 0.2) is 0 Å². The van der Waals surface area contributed by atoms with Crippen molar-refractivity contribution in [2.24, 2.45) is 17.4 Å². The van der Waals surface area contributed by atoms with Gasteiger partial charge in [-0.15, -0.1) is 0 Å². The largest absolute Gasteiger partial charge is 0.329 e. The van der Waals surface area contributed by atoms with Gasteiger partial charge >= 0.3 is 0 Å². The molecule has 0 spiro atoms. The lowest BCUT2D eigenvalue weighted by molar-refractivity contribution is -0.125. The Kier molecular flexibility index (Phi) is 3.83. The number of rotatable bonds is 4. The summed E-state index contributed by atoms with van der Waals surface area (Å²) in [5.41, 5.74) is 10.0. The monoisotopic (exact) mass is 130 g/mol. The number of nitrogens with two attached hydrogens (primary N) is 2. The molecule has 9 heavy (non-hydrogen) atoms. The maximum Gasteiger partial charge on any atom is 0.157 e. The predicted octanol–water partition coefficient (Wildman–Crippen LogP) is -1.71. The minimum atomic E-state index is -0.699. The highest BCUT2D eigenvalue weighted by Gasteiger charge is 2.12. The maximum absolute atomic E-state index is 10.5. The van der Waals surface area contributed by atoms with Crippen molar-refractivity contribution in [1.29, 1.82) is 0 Å². The molecule has 4 N–H and O–H groups in total. The van der Waals surface area contributed by atoms with Gasteiger partial charge in [-0.1, -0.05) is 0 Å². The first-order valence-electron chi connectivity index (χ1n) is 2.64. The smallest absolute Gasteiger partial charge is 0.157 e. The van der Waals surface area contributed by atoms with Crippen LogP contribution in [-0.4, -0.2) is 25.2 Å². The molecule has 4 nitrogen and oxygen atoms in total. The van der Waals surface area contributed by atoms with Gasteiger partial charge < -0.3 is 16.3 Å². The number of ketones is 1. The summed E-state index contributed by atoms with van der Waals surface area (Å²) in [6, 6.07) is 0. The molecule has 0 aliphatic rings. The molecule has 0 aromatic rings. The molecule has 0 aliphatic heterocycles. The van der Waals surface area contributed by atoms with Crippen molar-refractivity contribution in [2.75, 3.05) is 13.1 Å². The Labute approximate surface area is 53.2 Å². The second-order valence-electron chi connectivity index (χ2n) is 1.65. The topological polar surface area (TPSA) is 86.2 Å². The minimum Gasteiger partial charge on any atom is -0.329 e. The number of carbonyl (C=O) groups is 2. The van der Waals surface area contributed by atoms with E-state index in [4.69, 9.17) is 11.5 Å². The summed E-state index contributed by atoms with van der Waals surface area (Å²) in [6.07, 6.45) is 0.523. The van der Waals surface area contributed by atoms with Crippen LogP contribution in [0.4, 0.5) is 0 Å². The van der Waals surface area contributed by atoms with Crippen LogP contribution in [-0.2, 0) is 9.59 Å². The molecule has 0 aromatic carbocycles. The molecule has 52 valence electrons. The maximum atomic E-state index is 10.5. The van der Waals surface area contributed by atoms with Crippen molar-refractivity contribution < 1.29 is 9.59 Å². The first-order valence-corrected chi connectivity index (χ1v) is 2.64. The average Bonchev–Trinajstić information content (AvgIpc) is 1.90. The van der Waals surface area contributed by atoms with Gasteiger partial charge in [-0.05, 0) is 0 Å². The van der Waals surface area contributed by atoms with E-state index >= 15 is 0 Å². The Bertz CT molecular complexity index is 114. The molecule has 0 radical (unpaired) electrons. The van der Waals surface area contributed by atoms with Crippen molar-refractivity contribution in [3.63, 3.8) is 0 Å². The molecule has 1 atom stereocenters. The predicted molar refractivity (Wildman–Crippen MR) is 32.7 cm³/mol. The molecule has 0 aromatic heterocycles. The van der Waals surface area contributed by atoms with Crippen LogP contribution in [0.1, 0.15) is 0 Å². The zero-order chi connectivity index (χ0) is 7.28. The molecule has 0 saturated carbocycles. The van der Waals surface area contributed by atoms with E-state index in [1.54, 1.807) is 0 Å². The molecule has 0 amide bonds. The number of carbonyl (C=O) groups excluding carboxylic acids is 2. The van der Waals surface area contributed by atoms with Crippen LogP contribution >= 0.6 is 0 Å². The Morgan fingerprint density at radius 1 is 1.56 bits per heavy atom. The standard InChI is InChI=1S/C5H10N2O2/c6-1-4(3-8)5(9)2-7/h3-4H,1-2,6-7H2. The van der Waals surface area contributed by atoms with E-state index in [1.807, 2.05) is 0 Å². The summed E-state index contributed by atoms with van der Waals surface area (Å²) in [5.74, 6) is -0.998. The fourth-order valence-electron chi connectivity index (χ4n) is 0.414. The molecule has 4 heteroatoms. The minimum absolute atomic E-state index is 0.0551. The zero-order valence-corrected chi connectivity index (χ0v) is 5.04. The van der Waals surface area contributed by atoms with Gasteiger partial charge in [0.1, 0.15) is 6.29 Å². The van der Waals surface area contributed by atoms with Gasteiger partial charge in [0.15, 0.2) is 5.78 Å². The summed E-state index contributed by atoms with van der Waals surface area (Å²) >= 11 is 0. The summed E-state index contributed by atoms with van der Waals surface area (Å²) in [4.78, 5) is 20.5. The molecule has 1 unspecified atom stereocenters. The van der Waals surface area contributed by atoms with Gasteiger partial charge in [-0.2, -0.15) is 0 Å². The molecule has 0 fully saturated rings. The fourth-order valence-corrected chi connectivity index (χ4v) is 0.414. The van der Waals surface area contributed by atoms with Gasteiger partial charge in [0.2, 0.25) is 0 Å². The van der Waals surface area contributed by atoms with Gasteiger partial charge in [-0.3, -0.25) is 4.79 Å². The SMILES string of the molecule is NCC(=O)C(C=O)CN. The van der Waals surface area contributed by atoms with Gasteiger partial charge in [-0.25, -0.2) is 0 Å². The third-order valence-corrected chi connectivity index (χ3v) is 1.03. The Morgan fingerprint density at radius 2 is 2.11 bits per heavy atom. The first-order chi connectivity index (χ1) is 4.26. The van der Waals surface area contributed by atoms with Crippen LogP contribution in [0.3, 0.4) is 0 Å². The van der Waals surface area contributed by atoms with E-state index in [0.717, 1.165) is 0 Å². The van der Waals surface area contributed by atoms with E-state index in [0.29, 0.717) is 6.29 Å². The van der Waals surface area contributed by atoms with Gasteiger partial charge in [0.05, 0.1) is 12.5 Å². The van der Waals surface area contributed by atoms with Crippen molar-refractivity contribution >= 4 is 12.1 Å². The number of hydrogen-bond donors (Lipinski definition) is 2. The lowest BCUT2D eigenvalue weighted by Crippen LogP contribution is -2.30. The molecule has 0 aliphatic carbocycles. The first kappa shape index (κ1) is 8.26. The second-order valence-corrected chi connectivity index (χ2v) is 1.65. The van der Waals surface area contributed by atoms with Crippen molar-refractivity contribution in [1.82, 2.24) is 0 Å². The van der Waals surface area contributed by atoms with Crippen molar-refractivity contribution in [3.05, 3.63) is 0 Å². The number of hydrogen-bond acceptors (Lipinski definition) is 4. The molecule has 0 rings (SSSR count). The van der Waals surface area contributed by atoms with Gasteiger partial charge in [0.25, 0.3) is 0 Å². The van der Waals surface area contributed by atoms with E-state index in [-0.39, 0.29) is 18.9 Å². The van der Waals surface area contributed by atoms with Crippen molar-refractivity contribution in [2.45, 2.75) is 0 Å². The molecule has 0 saturated heterocycles. The summed E-state index contributed by atoms with van der Waals surface area (Å²) in [5, 5.41) is 0. The van der Waals surface area contributed by atoms with Crippen LogP contribution in [0.5, 0.6) is 0 Å². The average molecular weight is 130 g/mol. The second kappa shape index (κ2) is 4.17. The normalized spacial score (nSPS) is 12.7. The Morgan fingerprint density at radius 3 is 2.22 bits per heavy atom. The zero-order valence-electron chi connectivity index (χ0n) is 5.04. The van der Waals surface area contributed by atoms with Crippen LogP contribution in [0.25, 0.3) is 0 Å². The third-order valence-electron chi connectivity index (χ3n) is 1.03. The van der Waals surface area contributed by atoms with Crippen molar-refractivity contribution in [3.8, 4) is 0 Å². The summed E-state index contributed by atoms with van der Waals surface area (Å²) < 4.78 is 0. The van der Waals surface area contributed by atoms with Crippen LogP contribution in [0.2, 0.25) is 0 Å². The lowest BCUT2D eigenvalue weighted by atomic mass is 10.1. The highest BCUT2D eigenvalue weighted by atomic mass is 16.1. The molecule has 0 bridgehead atoms. The van der Waals surface area contributed by atoms with E-state index in [9.17, 15) is 9.59 Å². The molecule has 0 heterocycles. The highest BCUT2D eigenvalue weighted by molar-refractivity contribution is 5.94. The van der Waals surface area contributed by atoms with Crippen LogP contribution < -0.4 is 11.5 Å². The number of Topliss-reactive ketones (excluding diaryl/α,β-unsaturated/α-hetero) is 1. The quantitative estimate of drug-likeness (QED) is 0.350. The fraction of sp³-hybridized carbons (Fsp3) is 0.600. The lowest BCUT2D eigenvalue weighted by Gasteiger charge is -2.00. The molecular formula is C5H10N2O2. The van der Waals surface area contributed by atoms with Gasteiger partial charge in [0, 0.05) is 6.54 Å². The highest BCUT2D eigenvalue weighted by Crippen LogP contribution is 1.87. The Hall–Kier alpha value is -0.740. The van der Waals surface area contributed by atoms with E-state index in [2.05, 4.69) is 0 Å². The van der Waals surface area contributed by atoms with E-state index in [1.165, 1.54) is 0 Å². The van der Waals surface area contributed by atoms with Crippen LogP contribution in [0, 0.1) is 5.92 Å². The van der Waals surface area contributed by atoms with E-state index < -0.39 is 5.92 Å². The Balaban J connectivity index is 3.78. The third kappa shape index (κ3) is 2.34. The number of aldehydes is 1. The summed E-state index contributed by atoms with van der Waals surface area (Å²) in [7, 11) is 0.